The summed E-state index contributed by atoms with van der Waals surface area (Å²) < 4.78 is 27.9. The smallest absolute Gasteiger partial charge is 0.240 e. The maximum Gasteiger partial charge on any atom is 0.240 e. The molecule has 0 bridgehead atoms. The number of aliphatic hydroxyl groups is 1. The second kappa shape index (κ2) is 7.13. The van der Waals surface area contributed by atoms with Gasteiger partial charge in [-0.2, -0.15) is 11.8 Å². The van der Waals surface area contributed by atoms with Gasteiger partial charge < -0.3 is 5.11 Å². The molecular weight excluding hydrogens is 306 g/mol. The number of hydrogen-bond donors (Lipinski definition) is 2. The SMILES string of the molecule is CSC1CCCCC1NS(=O)(=O)c1ccc(C)c(CO)c1. The summed E-state index contributed by atoms with van der Waals surface area (Å²) in [6.45, 7) is 1.71. The van der Waals surface area contributed by atoms with Crippen LogP contribution in [0, 0.1) is 6.92 Å². The van der Waals surface area contributed by atoms with Gasteiger partial charge in [-0.1, -0.05) is 18.9 Å². The lowest BCUT2D eigenvalue weighted by Crippen LogP contribution is -2.43. The average Bonchev–Trinajstić information content (AvgIpc) is 2.47. The van der Waals surface area contributed by atoms with E-state index in [1.54, 1.807) is 30.0 Å². The highest BCUT2D eigenvalue weighted by Crippen LogP contribution is 2.28. The summed E-state index contributed by atoms with van der Waals surface area (Å²) in [6.07, 6.45) is 6.23. The third kappa shape index (κ3) is 4.00. The lowest BCUT2D eigenvalue weighted by atomic mass is 9.96. The quantitative estimate of drug-likeness (QED) is 0.871. The second-order valence-electron chi connectivity index (χ2n) is 5.53. The van der Waals surface area contributed by atoms with Crippen LogP contribution in [-0.4, -0.2) is 31.1 Å². The molecule has 0 heterocycles. The fraction of sp³-hybridized carbons (Fsp3) is 0.600. The Hall–Kier alpha value is -0.560. The lowest BCUT2D eigenvalue weighted by Gasteiger charge is -2.30. The molecule has 4 nitrogen and oxygen atoms in total. The van der Waals surface area contributed by atoms with Gasteiger partial charge in [-0.15, -0.1) is 0 Å². The number of benzene rings is 1. The zero-order valence-electron chi connectivity index (χ0n) is 12.5. The predicted octanol–water partition coefficient (Wildman–Crippen LogP) is 2.44. The van der Waals surface area contributed by atoms with E-state index in [2.05, 4.69) is 4.72 Å². The van der Waals surface area contributed by atoms with E-state index < -0.39 is 10.0 Å². The maximum absolute atomic E-state index is 12.5. The molecule has 1 aliphatic rings. The first kappa shape index (κ1) is 16.8. The molecule has 1 saturated carbocycles. The van der Waals surface area contributed by atoms with Crippen molar-refractivity contribution in [3.05, 3.63) is 29.3 Å². The Morgan fingerprint density at radius 2 is 2.05 bits per heavy atom. The van der Waals surface area contributed by atoms with Gasteiger partial charge in [-0.05, 0) is 49.3 Å². The first-order valence-electron chi connectivity index (χ1n) is 7.23. The van der Waals surface area contributed by atoms with Crippen molar-refractivity contribution in [1.29, 1.82) is 0 Å². The van der Waals surface area contributed by atoms with Gasteiger partial charge in [0.2, 0.25) is 10.0 Å². The van der Waals surface area contributed by atoms with Crippen LogP contribution in [0.15, 0.2) is 23.1 Å². The molecule has 118 valence electrons. The summed E-state index contributed by atoms with van der Waals surface area (Å²) >= 11 is 1.73. The van der Waals surface area contributed by atoms with E-state index in [4.69, 9.17) is 0 Å². The minimum absolute atomic E-state index is 0.00219. The zero-order chi connectivity index (χ0) is 15.5. The van der Waals surface area contributed by atoms with Crippen LogP contribution in [0.2, 0.25) is 0 Å². The molecule has 2 unspecified atom stereocenters. The molecule has 0 aliphatic heterocycles. The predicted molar refractivity (Wildman–Crippen MR) is 87.0 cm³/mol. The topological polar surface area (TPSA) is 66.4 Å². The molecule has 1 aromatic rings. The summed E-state index contributed by atoms with van der Waals surface area (Å²) in [7, 11) is -3.53. The lowest BCUT2D eigenvalue weighted by molar-refractivity contribution is 0.280. The fourth-order valence-corrected chi connectivity index (χ4v) is 5.15. The summed E-state index contributed by atoms with van der Waals surface area (Å²) in [5, 5.41) is 9.64. The number of sulfonamides is 1. The molecular formula is C15H23NO3S2. The molecule has 1 aromatic carbocycles. The van der Waals surface area contributed by atoms with Crippen LogP contribution < -0.4 is 4.72 Å². The van der Waals surface area contributed by atoms with E-state index in [9.17, 15) is 13.5 Å². The Kier molecular flexibility index (Phi) is 5.71. The highest BCUT2D eigenvalue weighted by atomic mass is 32.2. The van der Waals surface area contributed by atoms with Gasteiger partial charge >= 0.3 is 0 Å². The first-order chi connectivity index (χ1) is 9.97. The third-order valence-corrected chi connectivity index (χ3v) is 6.77. The van der Waals surface area contributed by atoms with Crippen molar-refractivity contribution in [2.75, 3.05) is 6.26 Å². The van der Waals surface area contributed by atoms with Crippen LogP contribution in [0.3, 0.4) is 0 Å². The highest BCUT2D eigenvalue weighted by Gasteiger charge is 2.29. The standard InChI is InChI=1S/C15H23NO3S2/c1-11-7-8-13(9-12(11)10-17)21(18,19)16-14-5-3-4-6-15(14)20-2/h7-9,14-17H,3-6,10H2,1-2H3. The van der Waals surface area contributed by atoms with Gasteiger partial charge in [0.15, 0.2) is 0 Å². The largest absolute Gasteiger partial charge is 0.392 e. The molecule has 1 fully saturated rings. The number of aryl methyl sites for hydroxylation is 1. The minimum Gasteiger partial charge on any atom is -0.392 e. The van der Waals surface area contributed by atoms with Crippen LogP contribution in [-0.2, 0) is 16.6 Å². The van der Waals surface area contributed by atoms with Gasteiger partial charge in [0.25, 0.3) is 0 Å². The first-order valence-corrected chi connectivity index (χ1v) is 10.0. The van der Waals surface area contributed by atoms with Gasteiger partial charge in [-0.25, -0.2) is 13.1 Å². The molecule has 1 aliphatic carbocycles. The molecule has 0 aromatic heterocycles. The molecule has 21 heavy (non-hydrogen) atoms. The number of rotatable bonds is 5. The van der Waals surface area contributed by atoms with E-state index in [1.165, 1.54) is 6.42 Å². The van der Waals surface area contributed by atoms with Crippen LogP contribution >= 0.6 is 11.8 Å². The molecule has 2 atom stereocenters. The van der Waals surface area contributed by atoms with Crippen LogP contribution in [0.1, 0.15) is 36.8 Å². The zero-order valence-corrected chi connectivity index (χ0v) is 14.1. The monoisotopic (exact) mass is 329 g/mol. The summed E-state index contributed by atoms with van der Waals surface area (Å²) in [5.41, 5.74) is 1.55. The Balaban J connectivity index is 2.21. The molecule has 0 radical (unpaired) electrons. The van der Waals surface area contributed by atoms with Crippen molar-refractivity contribution < 1.29 is 13.5 Å². The maximum atomic E-state index is 12.5. The van der Waals surface area contributed by atoms with Crippen molar-refractivity contribution in [2.45, 2.75) is 55.4 Å². The summed E-state index contributed by atoms with van der Waals surface area (Å²) in [6, 6.07) is 4.91. The minimum atomic E-state index is -3.53. The van der Waals surface area contributed by atoms with Gasteiger partial charge in [0.05, 0.1) is 11.5 Å². The van der Waals surface area contributed by atoms with Gasteiger partial charge in [0.1, 0.15) is 0 Å². The molecule has 2 rings (SSSR count). The highest BCUT2D eigenvalue weighted by molar-refractivity contribution is 7.99. The molecule has 0 spiro atoms. The van der Waals surface area contributed by atoms with Crippen molar-refractivity contribution in [1.82, 2.24) is 4.72 Å². The number of hydrogen-bond acceptors (Lipinski definition) is 4. The van der Waals surface area contributed by atoms with Crippen molar-refractivity contribution >= 4 is 21.8 Å². The number of aliphatic hydroxyl groups excluding tert-OH is 1. The average molecular weight is 329 g/mol. The van der Waals surface area contributed by atoms with Crippen molar-refractivity contribution in [2.24, 2.45) is 0 Å². The normalized spacial score (nSPS) is 23.2. The van der Waals surface area contributed by atoms with Crippen LogP contribution in [0.25, 0.3) is 0 Å². The summed E-state index contributed by atoms with van der Waals surface area (Å²) in [4.78, 5) is 0.238. The fourth-order valence-electron chi connectivity index (χ4n) is 2.77. The van der Waals surface area contributed by atoms with Crippen molar-refractivity contribution in [3.8, 4) is 0 Å². The Labute approximate surface area is 131 Å². The van der Waals surface area contributed by atoms with Gasteiger partial charge in [0, 0.05) is 11.3 Å². The number of thioether (sulfide) groups is 1. The van der Waals surface area contributed by atoms with E-state index in [0.29, 0.717) is 10.8 Å². The second-order valence-corrected chi connectivity index (χ2v) is 8.32. The van der Waals surface area contributed by atoms with E-state index in [-0.39, 0.29) is 17.5 Å². The van der Waals surface area contributed by atoms with E-state index in [0.717, 1.165) is 24.8 Å². The molecule has 2 N–H and O–H groups in total. The third-order valence-electron chi connectivity index (χ3n) is 4.11. The van der Waals surface area contributed by atoms with E-state index >= 15 is 0 Å². The Morgan fingerprint density at radius 1 is 1.33 bits per heavy atom. The van der Waals surface area contributed by atoms with Crippen molar-refractivity contribution in [3.63, 3.8) is 0 Å². The van der Waals surface area contributed by atoms with Crippen LogP contribution in [0.4, 0.5) is 0 Å². The Bertz CT molecular complexity index is 587. The molecule has 0 amide bonds. The number of nitrogens with one attached hydrogen (secondary N) is 1. The van der Waals surface area contributed by atoms with E-state index in [1.807, 2.05) is 13.2 Å². The van der Waals surface area contributed by atoms with Crippen LogP contribution in [0.5, 0.6) is 0 Å². The molecule has 6 heteroatoms. The molecule has 0 saturated heterocycles. The summed E-state index contributed by atoms with van der Waals surface area (Å²) in [5.74, 6) is 0. The van der Waals surface area contributed by atoms with Gasteiger partial charge in [-0.3, -0.25) is 0 Å². The Morgan fingerprint density at radius 3 is 2.71 bits per heavy atom.